The van der Waals surface area contributed by atoms with Gasteiger partial charge in [0.05, 0.1) is 6.10 Å². The predicted octanol–water partition coefficient (Wildman–Crippen LogP) is 3.14. The second-order valence-corrected chi connectivity index (χ2v) is 5.74. The molecule has 2 rings (SSSR count). The van der Waals surface area contributed by atoms with E-state index < -0.39 is 12.2 Å². The van der Waals surface area contributed by atoms with E-state index in [9.17, 15) is 14.3 Å². The highest BCUT2D eigenvalue weighted by Gasteiger charge is 2.22. The first kappa shape index (κ1) is 18.1. The van der Waals surface area contributed by atoms with Crippen molar-refractivity contribution in [3.8, 4) is 0 Å². The Balaban J connectivity index is 1.94. The van der Waals surface area contributed by atoms with Crippen LogP contribution in [0.1, 0.15) is 36.7 Å². The summed E-state index contributed by atoms with van der Waals surface area (Å²) in [6.45, 7) is 1.81. The second-order valence-electron chi connectivity index (χ2n) is 5.74. The van der Waals surface area contributed by atoms with Crippen LogP contribution >= 0.6 is 0 Å². The molecule has 0 saturated carbocycles. The van der Waals surface area contributed by atoms with Crippen LogP contribution in [-0.4, -0.2) is 24.2 Å². The largest absolute Gasteiger partial charge is 0.388 e. The van der Waals surface area contributed by atoms with Crippen LogP contribution in [0.2, 0.25) is 0 Å². The van der Waals surface area contributed by atoms with Crippen molar-refractivity contribution in [2.75, 3.05) is 7.11 Å². The van der Waals surface area contributed by atoms with Crippen molar-refractivity contribution in [2.24, 2.45) is 0 Å². The van der Waals surface area contributed by atoms with E-state index in [-0.39, 0.29) is 17.8 Å². The highest BCUT2D eigenvalue weighted by atomic mass is 19.1. The summed E-state index contributed by atoms with van der Waals surface area (Å²) in [7, 11) is 1.48. The maximum absolute atomic E-state index is 12.9. The fraction of sp³-hybridized carbons (Fsp3) is 0.316. The van der Waals surface area contributed by atoms with Gasteiger partial charge in [-0.2, -0.15) is 0 Å². The standard InChI is InChI=1S/C19H22FNO3/c1-13(12-17(22)14-8-10-16(20)11-9-14)21-19(23)18(24-2)15-6-4-3-5-7-15/h3-11,13,17-18,22H,12H2,1-2H3,(H,21,23). The number of benzene rings is 2. The van der Waals surface area contributed by atoms with E-state index in [0.29, 0.717) is 12.0 Å². The number of rotatable bonds is 7. The Hall–Kier alpha value is -2.24. The van der Waals surface area contributed by atoms with E-state index in [1.54, 1.807) is 0 Å². The number of carbonyl (C=O) groups is 1. The van der Waals surface area contributed by atoms with Gasteiger partial charge < -0.3 is 15.2 Å². The topological polar surface area (TPSA) is 58.6 Å². The smallest absolute Gasteiger partial charge is 0.253 e. The molecule has 0 aromatic heterocycles. The summed E-state index contributed by atoms with van der Waals surface area (Å²) < 4.78 is 18.2. The molecule has 0 aliphatic carbocycles. The monoisotopic (exact) mass is 331 g/mol. The fourth-order valence-electron chi connectivity index (χ4n) is 2.56. The van der Waals surface area contributed by atoms with E-state index in [1.807, 2.05) is 37.3 Å². The number of aliphatic hydroxyl groups is 1. The highest BCUT2D eigenvalue weighted by Crippen LogP contribution is 2.20. The van der Waals surface area contributed by atoms with Gasteiger partial charge in [-0.15, -0.1) is 0 Å². The van der Waals surface area contributed by atoms with Gasteiger partial charge in [0, 0.05) is 13.2 Å². The molecule has 0 heterocycles. The van der Waals surface area contributed by atoms with Crippen molar-refractivity contribution in [2.45, 2.75) is 31.6 Å². The lowest BCUT2D eigenvalue weighted by Gasteiger charge is -2.21. The molecule has 128 valence electrons. The molecule has 0 aliphatic heterocycles. The van der Waals surface area contributed by atoms with Gasteiger partial charge in [-0.05, 0) is 36.6 Å². The minimum absolute atomic E-state index is 0.262. The normalized spacial score (nSPS) is 14.7. The number of halogens is 1. The predicted molar refractivity (Wildman–Crippen MR) is 89.8 cm³/mol. The van der Waals surface area contributed by atoms with E-state index in [2.05, 4.69) is 5.32 Å². The van der Waals surface area contributed by atoms with Crippen LogP contribution in [0.15, 0.2) is 54.6 Å². The Morgan fingerprint density at radius 1 is 1.12 bits per heavy atom. The van der Waals surface area contributed by atoms with Gasteiger partial charge in [-0.25, -0.2) is 4.39 Å². The Bertz CT molecular complexity index is 645. The van der Waals surface area contributed by atoms with Crippen LogP contribution in [0.5, 0.6) is 0 Å². The average molecular weight is 331 g/mol. The van der Waals surface area contributed by atoms with Crippen molar-refractivity contribution in [3.63, 3.8) is 0 Å². The highest BCUT2D eigenvalue weighted by molar-refractivity contribution is 5.82. The lowest BCUT2D eigenvalue weighted by Crippen LogP contribution is -2.37. The van der Waals surface area contributed by atoms with Gasteiger partial charge >= 0.3 is 0 Å². The van der Waals surface area contributed by atoms with Crippen molar-refractivity contribution >= 4 is 5.91 Å². The number of ether oxygens (including phenoxy) is 1. The van der Waals surface area contributed by atoms with Crippen LogP contribution in [0.4, 0.5) is 4.39 Å². The zero-order chi connectivity index (χ0) is 17.5. The van der Waals surface area contributed by atoms with Crippen molar-refractivity contribution < 1.29 is 19.0 Å². The van der Waals surface area contributed by atoms with Gasteiger partial charge in [0.25, 0.3) is 5.91 Å². The fourth-order valence-corrected chi connectivity index (χ4v) is 2.56. The van der Waals surface area contributed by atoms with Crippen LogP contribution in [0, 0.1) is 5.82 Å². The van der Waals surface area contributed by atoms with Crippen LogP contribution in [-0.2, 0) is 9.53 Å². The van der Waals surface area contributed by atoms with Gasteiger partial charge in [0.15, 0.2) is 6.10 Å². The molecule has 3 atom stereocenters. The Morgan fingerprint density at radius 2 is 1.75 bits per heavy atom. The van der Waals surface area contributed by atoms with Crippen LogP contribution in [0.3, 0.4) is 0 Å². The molecule has 2 N–H and O–H groups in total. The molecule has 2 aromatic carbocycles. The minimum atomic E-state index is -0.779. The van der Waals surface area contributed by atoms with Gasteiger partial charge in [-0.3, -0.25) is 4.79 Å². The molecule has 5 heteroatoms. The molecule has 2 aromatic rings. The summed E-state index contributed by atoms with van der Waals surface area (Å²) >= 11 is 0. The zero-order valence-electron chi connectivity index (χ0n) is 13.8. The van der Waals surface area contributed by atoms with E-state index >= 15 is 0 Å². The van der Waals surface area contributed by atoms with Crippen molar-refractivity contribution in [3.05, 3.63) is 71.5 Å². The summed E-state index contributed by atoms with van der Waals surface area (Å²) in [5.74, 6) is -0.611. The molecular weight excluding hydrogens is 309 g/mol. The summed E-state index contributed by atoms with van der Waals surface area (Å²) in [6.07, 6.45) is -1.15. The SMILES string of the molecule is COC(C(=O)NC(C)CC(O)c1ccc(F)cc1)c1ccccc1. The van der Waals surface area contributed by atoms with E-state index in [1.165, 1.54) is 31.4 Å². The summed E-state index contributed by atoms with van der Waals surface area (Å²) in [6, 6.07) is 14.6. The van der Waals surface area contributed by atoms with Gasteiger partial charge in [-0.1, -0.05) is 42.5 Å². The lowest BCUT2D eigenvalue weighted by molar-refractivity contribution is -0.132. The second kappa shape index (κ2) is 8.57. The molecule has 0 bridgehead atoms. The van der Waals surface area contributed by atoms with E-state index in [0.717, 1.165) is 5.56 Å². The zero-order valence-corrected chi connectivity index (χ0v) is 13.8. The third-order valence-electron chi connectivity index (χ3n) is 3.80. The first-order valence-corrected chi connectivity index (χ1v) is 7.83. The van der Waals surface area contributed by atoms with Crippen LogP contribution in [0.25, 0.3) is 0 Å². The molecule has 0 spiro atoms. The summed E-state index contributed by atoms with van der Waals surface area (Å²) in [5.41, 5.74) is 1.38. The maximum Gasteiger partial charge on any atom is 0.253 e. The number of hydrogen-bond acceptors (Lipinski definition) is 3. The van der Waals surface area contributed by atoms with E-state index in [4.69, 9.17) is 4.74 Å². The number of aliphatic hydroxyl groups excluding tert-OH is 1. The Labute approximate surface area is 141 Å². The third kappa shape index (κ3) is 4.88. The average Bonchev–Trinajstić information content (AvgIpc) is 2.56. The van der Waals surface area contributed by atoms with Crippen LogP contribution < -0.4 is 5.32 Å². The number of methoxy groups -OCH3 is 1. The number of nitrogens with one attached hydrogen (secondary N) is 1. The molecule has 0 radical (unpaired) electrons. The molecule has 0 aliphatic rings. The number of carbonyl (C=O) groups excluding carboxylic acids is 1. The Morgan fingerprint density at radius 3 is 2.33 bits per heavy atom. The molecule has 24 heavy (non-hydrogen) atoms. The number of amides is 1. The first-order valence-electron chi connectivity index (χ1n) is 7.83. The quantitative estimate of drug-likeness (QED) is 0.819. The molecule has 0 fully saturated rings. The Kier molecular flexibility index (Phi) is 6.46. The molecule has 3 unspecified atom stereocenters. The van der Waals surface area contributed by atoms with Gasteiger partial charge in [0.2, 0.25) is 0 Å². The summed E-state index contributed by atoms with van der Waals surface area (Å²) in [5, 5.41) is 13.0. The van der Waals surface area contributed by atoms with Crippen molar-refractivity contribution in [1.29, 1.82) is 0 Å². The molecular formula is C19H22FNO3. The molecule has 4 nitrogen and oxygen atoms in total. The summed E-state index contributed by atoms with van der Waals surface area (Å²) in [4.78, 5) is 12.4. The number of hydrogen-bond donors (Lipinski definition) is 2. The minimum Gasteiger partial charge on any atom is -0.388 e. The van der Waals surface area contributed by atoms with Crippen molar-refractivity contribution in [1.82, 2.24) is 5.32 Å². The van der Waals surface area contributed by atoms with Gasteiger partial charge in [0.1, 0.15) is 5.82 Å². The first-order chi connectivity index (χ1) is 11.5. The lowest BCUT2D eigenvalue weighted by atomic mass is 10.0. The molecule has 0 saturated heterocycles. The third-order valence-corrected chi connectivity index (χ3v) is 3.80. The maximum atomic E-state index is 12.9. The molecule has 1 amide bonds.